The van der Waals surface area contributed by atoms with E-state index in [0.29, 0.717) is 17.6 Å². The highest BCUT2D eigenvalue weighted by Crippen LogP contribution is 2.40. The van der Waals surface area contributed by atoms with Gasteiger partial charge in [0.2, 0.25) is 0 Å². The molecule has 0 heterocycles. The van der Waals surface area contributed by atoms with E-state index in [-0.39, 0.29) is 0 Å². The monoisotopic (exact) mass is 226 g/mol. The van der Waals surface area contributed by atoms with E-state index < -0.39 is 5.97 Å². The molecule has 3 nitrogen and oxygen atoms in total. The Balaban J connectivity index is 0.000000280. The van der Waals surface area contributed by atoms with Gasteiger partial charge in [-0.2, -0.15) is 0 Å². The molecule has 92 valence electrons. The van der Waals surface area contributed by atoms with E-state index >= 15 is 0 Å². The molecule has 0 saturated heterocycles. The Morgan fingerprint density at radius 3 is 2.56 bits per heavy atom. The molecule has 0 amide bonds. The number of rotatable bonds is 0. The van der Waals surface area contributed by atoms with Crippen LogP contribution in [0.4, 0.5) is 0 Å². The van der Waals surface area contributed by atoms with Crippen molar-refractivity contribution < 1.29 is 15.0 Å². The number of allylic oxidation sites excluding steroid dienone is 2. The third-order valence-corrected chi connectivity index (χ3v) is 3.51. The minimum absolute atomic E-state index is 0.421. The van der Waals surface area contributed by atoms with Gasteiger partial charge in [0.25, 0.3) is 5.97 Å². The number of aliphatic carboxylic acids is 1. The summed E-state index contributed by atoms with van der Waals surface area (Å²) in [7, 11) is 0. The van der Waals surface area contributed by atoms with Gasteiger partial charge in [-0.25, -0.2) is 0 Å². The molecule has 0 aromatic heterocycles. The van der Waals surface area contributed by atoms with Gasteiger partial charge in [0.1, 0.15) is 0 Å². The predicted molar refractivity (Wildman–Crippen MR) is 63.3 cm³/mol. The number of aliphatic hydroxyl groups is 1. The summed E-state index contributed by atoms with van der Waals surface area (Å²) in [6.45, 7) is 3.22. The van der Waals surface area contributed by atoms with E-state index in [1.54, 1.807) is 0 Å². The Kier molecular flexibility index (Phi) is 4.84. The van der Waals surface area contributed by atoms with Gasteiger partial charge in [0.05, 0.1) is 5.76 Å². The van der Waals surface area contributed by atoms with Crippen molar-refractivity contribution >= 4 is 5.97 Å². The number of fused-ring (bicyclic) bond motifs is 1. The predicted octanol–water partition coefficient (Wildman–Crippen LogP) is 3.37. The van der Waals surface area contributed by atoms with Gasteiger partial charge in [-0.15, -0.1) is 0 Å². The molecule has 1 fully saturated rings. The summed E-state index contributed by atoms with van der Waals surface area (Å²) >= 11 is 0. The number of carboxylic acids is 1. The van der Waals surface area contributed by atoms with E-state index in [1.807, 2.05) is 0 Å². The number of carboxylic acid groups (broad SMARTS) is 1. The zero-order valence-electron chi connectivity index (χ0n) is 10.1. The Morgan fingerprint density at radius 1 is 1.38 bits per heavy atom. The van der Waals surface area contributed by atoms with Crippen molar-refractivity contribution in [1.82, 2.24) is 0 Å². The maximum atomic E-state index is 9.58. The summed E-state index contributed by atoms with van der Waals surface area (Å²) in [4.78, 5) is 9.00. The third kappa shape index (κ3) is 3.87. The molecule has 1 saturated carbocycles. The standard InChI is InChI=1S/C11H18O.C2H4O2/c1-8-6-9-4-2-3-5-10(9)7-11(8)12;1-2(3)4/h7-10,12H,2-6H2,1H3;1H3,(H,3,4). The summed E-state index contributed by atoms with van der Waals surface area (Å²) in [5.41, 5.74) is 0. The lowest BCUT2D eigenvalue weighted by molar-refractivity contribution is -0.134. The second kappa shape index (κ2) is 5.92. The zero-order valence-corrected chi connectivity index (χ0v) is 10.1. The number of hydrogen-bond acceptors (Lipinski definition) is 2. The Bertz CT molecular complexity index is 266. The van der Waals surface area contributed by atoms with Crippen LogP contribution in [0.3, 0.4) is 0 Å². The van der Waals surface area contributed by atoms with Gasteiger partial charge in [0.15, 0.2) is 0 Å². The maximum Gasteiger partial charge on any atom is 0.300 e. The van der Waals surface area contributed by atoms with E-state index in [4.69, 9.17) is 9.90 Å². The molecule has 0 spiro atoms. The van der Waals surface area contributed by atoms with Crippen LogP contribution in [0.2, 0.25) is 0 Å². The molecule has 2 rings (SSSR count). The molecule has 2 N–H and O–H groups in total. The maximum absolute atomic E-state index is 9.58. The molecule has 3 atom stereocenters. The summed E-state index contributed by atoms with van der Waals surface area (Å²) in [6.07, 6.45) is 8.80. The molecule has 0 bridgehead atoms. The normalized spacial score (nSPS) is 32.9. The van der Waals surface area contributed by atoms with E-state index in [2.05, 4.69) is 13.0 Å². The van der Waals surface area contributed by atoms with Crippen LogP contribution < -0.4 is 0 Å². The largest absolute Gasteiger partial charge is 0.512 e. The van der Waals surface area contributed by atoms with Crippen molar-refractivity contribution in [3.8, 4) is 0 Å². The first-order chi connectivity index (χ1) is 7.50. The lowest BCUT2D eigenvalue weighted by Crippen LogP contribution is -2.25. The summed E-state index contributed by atoms with van der Waals surface area (Å²) in [5.74, 6) is 1.82. The van der Waals surface area contributed by atoms with Crippen LogP contribution in [0.15, 0.2) is 11.8 Å². The van der Waals surface area contributed by atoms with Crippen molar-refractivity contribution in [2.24, 2.45) is 17.8 Å². The lowest BCUT2D eigenvalue weighted by Gasteiger charge is -2.35. The molecule has 0 radical (unpaired) electrons. The van der Waals surface area contributed by atoms with E-state index in [1.165, 1.54) is 32.1 Å². The van der Waals surface area contributed by atoms with Crippen LogP contribution in [0, 0.1) is 17.8 Å². The number of hydrogen-bond donors (Lipinski definition) is 2. The lowest BCUT2D eigenvalue weighted by atomic mass is 9.71. The fourth-order valence-corrected chi connectivity index (χ4v) is 2.71. The Hall–Kier alpha value is -0.990. The number of carbonyl (C=O) groups is 1. The first kappa shape index (κ1) is 13.1. The van der Waals surface area contributed by atoms with Crippen LogP contribution in [0.1, 0.15) is 46.0 Å². The highest BCUT2D eigenvalue weighted by Gasteiger charge is 2.30. The molecule has 3 unspecified atom stereocenters. The van der Waals surface area contributed by atoms with Crippen LogP contribution in [0.5, 0.6) is 0 Å². The quantitative estimate of drug-likeness (QED) is 0.665. The molecule has 2 aliphatic carbocycles. The second-order valence-corrected chi connectivity index (χ2v) is 4.96. The first-order valence-electron chi connectivity index (χ1n) is 6.11. The van der Waals surface area contributed by atoms with Crippen molar-refractivity contribution in [3.63, 3.8) is 0 Å². The SMILES string of the molecule is CC(=O)O.CC1CC2CCCCC2C=C1O. The van der Waals surface area contributed by atoms with Gasteiger partial charge in [-0.05, 0) is 37.2 Å². The Morgan fingerprint density at radius 2 is 1.94 bits per heavy atom. The van der Waals surface area contributed by atoms with Crippen LogP contribution in [-0.2, 0) is 4.79 Å². The van der Waals surface area contributed by atoms with Crippen LogP contribution in [0.25, 0.3) is 0 Å². The topological polar surface area (TPSA) is 57.5 Å². The fourth-order valence-electron chi connectivity index (χ4n) is 2.71. The first-order valence-corrected chi connectivity index (χ1v) is 6.11. The van der Waals surface area contributed by atoms with Gasteiger partial charge >= 0.3 is 0 Å². The minimum atomic E-state index is -0.833. The number of aliphatic hydroxyl groups excluding tert-OH is 1. The third-order valence-electron chi connectivity index (χ3n) is 3.51. The molecule has 3 heteroatoms. The summed E-state index contributed by atoms with van der Waals surface area (Å²) in [5, 5.41) is 17.0. The highest BCUT2D eigenvalue weighted by molar-refractivity contribution is 5.62. The molecule has 0 aromatic rings. The van der Waals surface area contributed by atoms with E-state index in [0.717, 1.165) is 12.8 Å². The fraction of sp³-hybridized carbons (Fsp3) is 0.769. The van der Waals surface area contributed by atoms with Crippen molar-refractivity contribution in [2.75, 3.05) is 0 Å². The van der Waals surface area contributed by atoms with Crippen LogP contribution in [-0.4, -0.2) is 16.2 Å². The average Bonchev–Trinajstić information content (AvgIpc) is 2.19. The summed E-state index contributed by atoms with van der Waals surface area (Å²) in [6, 6.07) is 0. The van der Waals surface area contributed by atoms with Gasteiger partial charge in [-0.1, -0.05) is 19.8 Å². The molecule has 16 heavy (non-hydrogen) atoms. The minimum Gasteiger partial charge on any atom is -0.512 e. The Labute approximate surface area is 97.2 Å². The van der Waals surface area contributed by atoms with Crippen molar-refractivity contribution in [3.05, 3.63) is 11.8 Å². The second-order valence-electron chi connectivity index (χ2n) is 4.96. The smallest absolute Gasteiger partial charge is 0.300 e. The molecular weight excluding hydrogens is 204 g/mol. The van der Waals surface area contributed by atoms with Gasteiger partial charge < -0.3 is 10.2 Å². The van der Waals surface area contributed by atoms with Gasteiger partial charge in [0, 0.05) is 12.8 Å². The van der Waals surface area contributed by atoms with E-state index in [9.17, 15) is 5.11 Å². The average molecular weight is 226 g/mol. The van der Waals surface area contributed by atoms with Gasteiger partial charge in [-0.3, -0.25) is 4.79 Å². The van der Waals surface area contributed by atoms with Crippen LogP contribution >= 0.6 is 0 Å². The molecule has 0 aliphatic heterocycles. The molecule has 2 aliphatic rings. The highest BCUT2D eigenvalue weighted by atomic mass is 16.4. The molecule has 0 aromatic carbocycles. The zero-order chi connectivity index (χ0) is 12.1. The summed E-state index contributed by atoms with van der Waals surface area (Å²) < 4.78 is 0. The molecular formula is C13H22O3. The van der Waals surface area contributed by atoms with Crippen molar-refractivity contribution in [2.45, 2.75) is 46.0 Å². The van der Waals surface area contributed by atoms with Crippen molar-refractivity contribution in [1.29, 1.82) is 0 Å².